The normalized spacial score (nSPS) is 32.6. The molecule has 0 aromatic rings. The highest BCUT2D eigenvalue weighted by Gasteiger charge is 2.28. The molecule has 2 rings (SSSR count). The predicted molar refractivity (Wildman–Crippen MR) is 69.8 cm³/mol. The van der Waals surface area contributed by atoms with Crippen LogP contribution in [0.5, 0.6) is 0 Å². The summed E-state index contributed by atoms with van der Waals surface area (Å²) in [6.45, 7) is 5.15. The average molecular weight is 277 g/mol. The van der Waals surface area contributed by atoms with E-state index in [2.05, 4.69) is 4.90 Å². The summed E-state index contributed by atoms with van der Waals surface area (Å²) in [6, 6.07) is 0.215. The molecule has 0 aromatic carbocycles. The number of sulfonamides is 1. The second-order valence-corrected chi connectivity index (χ2v) is 7.23. The summed E-state index contributed by atoms with van der Waals surface area (Å²) in [7, 11) is -3.04. The third-order valence-electron chi connectivity index (χ3n) is 3.83. The zero-order valence-electron chi connectivity index (χ0n) is 10.9. The van der Waals surface area contributed by atoms with E-state index in [1.54, 1.807) is 4.31 Å². The highest BCUT2D eigenvalue weighted by molar-refractivity contribution is 7.88. The molecule has 7 heteroatoms. The topological polar surface area (TPSA) is 75.9 Å². The van der Waals surface area contributed by atoms with Crippen molar-refractivity contribution in [3.8, 4) is 0 Å². The second kappa shape index (κ2) is 5.83. The van der Waals surface area contributed by atoms with E-state index in [0.29, 0.717) is 19.0 Å². The smallest absolute Gasteiger partial charge is 0.211 e. The van der Waals surface area contributed by atoms with Gasteiger partial charge in [-0.2, -0.15) is 4.31 Å². The van der Waals surface area contributed by atoms with Gasteiger partial charge in [-0.05, 0) is 6.42 Å². The maximum atomic E-state index is 11.4. The molecule has 0 aromatic heterocycles. The van der Waals surface area contributed by atoms with E-state index in [4.69, 9.17) is 10.5 Å². The lowest BCUT2D eigenvalue weighted by molar-refractivity contribution is 0.0216. The maximum Gasteiger partial charge on any atom is 0.211 e. The van der Waals surface area contributed by atoms with Gasteiger partial charge in [0.25, 0.3) is 0 Å². The molecule has 0 saturated carbocycles. The first kappa shape index (κ1) is 14.2. The van der Waals surface area contributed by atoms with E-state index < -0.39 is 10.0 Å². The molecular formula is C11H23N3O3S. The van der Waals surface area contributed by atoms with Crippen LogP contribution in [0.15, 0.2) is 0 Å². The minimum Gasteiger partial charge on any atom is -0.381 e. The molecule has 0 aliphatic carbocycles. The van der Waals surface area contributed by atoms with Crippen LogP contribution in [0, 0.1) is 5.92 Å². The number of piperazine rings is 1. The van der Waals surface area contributed by atoms with Crippen LogP contribution in [-0.2, 0) is 14.8 Å². The Bertz CT molecular complexity index is 366. The van der Waals surface area contributed by atoms with Gasteiger partial charge in [0.1, 0.15) is 0 Å². The number of nitrogens with zero attached hydrogens (tertiary/aromatic N) is 2. The summed E-state index contributed by atoms with van der Waals surface area (Å²) in [5.41, 5.74) is 6.08. The van der Waals surface area contributed by atoms with Gasteiger partial charge in [-0.1, -0.05) is 0 Å². The predicted octanol–water partition coefficient (Wildman–Crippen LogP) is -1.07. The van der Waals surface area contributed by atoms with Crippen molar-refractivity contribution in [3.63, 3.8) is 0 Å². The third kappa shape index (κ3) is 3.64. The molecule has 2 unspecified atom stereocenters. The summed E-state index contributed by atoms with van der Waals surface area (Å²) < 4.78 is 29.8. The SMILES string of the molecule is CS(=O)(=O)N1CCN(CC2COCCC2N)CC1. The Balaban J connectivity index is 1.79. The lowest BCUT2D eigenvalue weighted by atomic mass is 9.96. The molecule has 2 saturated heterocycles. The number of hydrogen-bond acceptors (Lipinski definition) is 5. The van der Waals surface area contributed by atoms with Crippen molar-refractivity contribution in [2.75, 3.05) is 52.2 Å². The van der Waals surface area contributed by atoms with Crippen LogP contribution in [0.1, 0.15) is 6.42 Å². The number of ether oxygens (including phenoxy) is 1. The third-order valence-corrected chi connectivity index (χ3v) is 5.13. The Hall–Kier alpha value is -0.210. The van der Waals surface area contributed by atoms with Gasteiger partial charge in [-0.3, -0.25) is 0 Å². The van der Waals surface area contributed by atoms with Gasteiger partial charge < -0.3 is 15.4 Å². The standard InChI is InChI=1S/C11H23N3O3S/c1-18(15,16)14-5-3-13(4-6-14)8-10-9-17-7-2-11(10)12/h10-11H,2-9,12H2,1H3. The molecule has 2 aliphatic rings. The van der Waals surface area contributed by atoms with Gasteiger partial charge in [0.15, 0.2) is 0 Å². The van der Waals surface area contributed by atoms with Crippen LogP contribution in [0.2, 0.25) is 0 Å². The molecule has 6 nitrogen and oxygen atoms in total. The number of rotatable bonds is 3. The monoisotopic (exact) mass is 277 g/mol. The Morgan fingerprint density at radius 2 is 1.94 bits per heavy atom. The molecule has 0 spiro atoms. The fourth-order valence-electron chi connectivity index (χ4n) is 2.58. The van der Waals surface area contributed by atoms with Gasteiger partial charge in [0.2, 0.25) is 10.0 Å². The van der Waals surface area contributed by atoms with Crippen molar-refractivity contribution in [1.82, 2.24) is 9.21 Å². The first-order valence-electron chi connectivity index (χ1n) is 6.47. The van der Waals surface area contributed by atoms with E-state index in [0.717, 1.165) is 39.3 Å². The Labute approximate surface area is 109 Å². The molecule has 2 heterocycles. The van der Waals surface area contributed by atoms with Gasteiger partial charge in [0.05, 0.1) is 12.9 Å². The average Bonchev–Trinajstić information content (AvgIpc) is 2.32. The molecule has 0 amide bonds. The maximum absolute atomic E-state index is 11.4. The number of hydrogen-bond donors (Lipinski definition) is 1. The van der Waals surface area contributed by atoms with Gasteiger partial charge in [0, 0.05) is 51.3 Å². The molecule has 2 atom stereocenters. The summed E-state index contributed by atoms with van der Waals surface area (Å²) in [5.74, 6) is 0.378. The largest absolute Gasteiger partial charge is 0.381 e. The summed E-state index contributed by atoms with van der Waals surface area (Å²) in [5, 5.41) is 0. The zero-order valence-corrected chi connectivity index (χ0v) is 11.7. The second-order valence-electron chi connectivity index (χ2n) is 5.25. The van der Waals surface area contributed by atoms with Crippen LogP contribution in [0.3, 0.4) is 0 Å². The van der Waals surface area contributed by atoms with Crippen LogP contribution >= 0.6 is 0 Å². The van der Waals surface area contributed by atoms with E-state index in [1.165, 1.54) is 6.26 Å². The van der Waals surface area contributed by atoms with Crippen molar-refractivity contribution in [3.05, 3.63) is 0 Å². The van der Waals surface area contributed by atoms with Crippen molar-refractivity contribution < 1.29 is 13.2 Å². The fourth-order valence-corrected chi connectivity index (χ4v) is 3.40. The van der Waals surface area contributed by atoms with Crippen molar-refractivity contribution in [1.29, 1.82) is 0 Å². The summed E-state index contributed by atoms with van der Waals surface area (Å²) in [6.07, 6.45) is 2.20. The quantitative estimate of drug-likeness (QED) is 0.711. The van der Waals surface area contributed by atoms with E-state index in [1.807, 2.05) is 0 Å². The first-order chi connectivity index (χ1) is 8.47. The Morgan fingerprint density at radius 3 is 2.50 bits per heavy atom. The van der Waals surface area contributed by atoms with Gasteiger partial charge >= 0.3 is 0 Å². The van der Waals surface area contributed by atoms with Crippen LogP contribution < -0.4 is 5.73 Å². The lowest BCUT2D eigenvalue weighted by Crippen LogP contribution is -2.52. The van der Waals surface area contributed by atoms with Crippen molar-refractivity contribution in [2.24, 2.45) is 11.7 Å². The zero-order chi connectivity index (χ0) is 13.2. The molecule has 0 radical (unpaired) electrons. The van der Waals surface area contributed by atoms with Crippen molar-refractivity contribution in [2.45, 2.75) is 12.5 Å². The molecular weight excluding hydrogens is 254 g/mol. The molecule has 2 aliphatic heterocycles. The van der Waals surface area contributed by atoms with E-state index in [9.17, 15) is 8.42 Å². The summed E-state index contributed by atoms with van der Waals surface area (Å²) >= 11 is 0. The molecule has 0 bridgehead atoms. The van der Waals surface area contributed by atoms with Crippen LogP contribution in [0.4, 0.5) is 0 Å². The molecule has 2 fully saturated rings. The lowest BCUT2D eigenvalue weighted by Gasteiger charge is -2.37. The Morgan fingerprint density at radius 1 is 1.28 bits per heavy atom. The Kier molecular flexibility index (Phi) is 4.60. The molecule has 106 valence electrons. The number of nitrogens with two attached hydrogens (primary N) is 1. The van der Waals surface area contributed by atoms with Crippen LogP contribution in [-0.4, -0.2) is 75.9 Å². The minimum atomic E-state index is -3.04. The van der Waals surface area contributed by atoms with Gasteiger partial charge in [-0.15, -0.1) is 0 Å². The molecule has 18 heavy (non-hydrogen) atoms. The highest BCUT2D eigenvalue weighted by atomic mass is 32.2. The minimum absolute atomic E-state index is 0.215. The first-order valence-corrected chi connectivity index (χ1v) is 8.32. The van der Waals surface area contributed by atoms with E-state index >= 15 is 0 Å². The van der Waals surface area contributed by atoms with Crippen LogP contribution in [0.25, 0.3) is 0 Å². The van der Waals surface area contributed by atoms with Gasteiger partial charge in [-0.25, -0.2) is 8.42 Å². The summed E-state index contributed by atoms with van der Waals surface area (Å²) in [4.78, 5) is 2.29. The fraction of sp³-hybridized carbons (Fsp3) is 1.00. The van der Waals surface area contributed by atoms with Crippen molar-refractivity contribution >= 4 is 10.0 Å². The van der Waals surface area contributed by atoms with E-state index in [-0.39, 0.29) is 6.04 Å². The molecule has 2 N–H and O–H groups in total. The highest BCUT2D eigenvalue weighted by Crippen LogP contribution is 2.16.